The van der Waals surface area contributed by atoms with Crippen molar-refractivity contribution < 1.29 is 15.1 Å². The van der Waals surface area contributed by atoms with E-state index in [1.54, 1.807) is 12.3 Å². The van der Waals surface area contributed by atoms with Crippen LogP contribution in [0.4, 0.5) is 5.69 Å². The minimum absolute atomic E-state index is 0.0436. The number of nitrogens with zero attached hydrogens (tertiary/aromatic N) is 2. The molecular formula is C15H17N3O4. The summed E-state index contributed by atoms with van der Waals surface area (Å²) in [6.07, 6.45) is 0.687. The van der Waals surface area contributed by atoms with Gasteiger partial charge in [0.1, 0.15) is 0 Å². The second kappa shape index (κ2) is 7.60. The predicted molar refractivity (Wildman–Crippen MR) is 80.0 cm³/mol. The topological polar surface area (TPSA) is 109 Å². The molecule has 7 nitrogen and oxygen atoms in total. The molecule has 0 fully saturated rings. The van der Waals surface area contributed by atoms with Crippen LogP contribution in [0.1, 0.15) is 17.4 Å². The summed E-state index contributed by atoms with van der Waals surface area (Å²) < 4.78 is 0. The maximum Gasteiger partial charge on any atom is 0.269 e. The SMILES string of the molecule is O=[N+]([O-])c1ccc(C(O)C(CO)NCc2ccccn2)cc1. The highest BCUT2D eigenvalue weighted by atomic mass is 16.6. The summed E-state index contributed by atoms with van der Waals surface area (Å²) in [7, 11) is 0. The van der Waals surface area contributed by atoms with E-state index >= 15 is 0 Å². The van der Waals surface area contributed by atoms with Crippen molar-refractivity contribution in [1.82, 2.24) is 10.3 Å². The third-order valence-corrected chi connectivity index (χ3v) is 3.29. The average Bonchev–Trinajstić information content (AvgIpc) is 2.56. The lowest BCUT2D eigenvalue weighted by atomic mass is 10.0. The summed E-state index contributed by atoms with van der Waals surface area (Å²) >= 11 is 0. The van der Waals surface area contributed by atoms with Gasteiger partial charge in [0, 0.05) is 24.9 Å². The van der Waals surface area contributed by atoms with E-state index in [9.17, 15) is 20.3 Å². The minimum Gasteiger partial charge on any atom is -0.395 e. The number of rotatable bonds is 7. The van der Waals surface area contributed by atoms with E-state index in [0.717, 1.165) is 5.69 Å². The van der Waals surface area contributed by atoms with Crippen LogP contribution in [0.15, 0.2) is 48.7 Å². The molecule has 2 aromatic rings. The summed E-state index contributed by atoms with van der Waals surface area (Å²) in [5.41, 5.74) is 1.24. The maximum absolute atomic E-state index is 10.6. The van der Waals surface area contributed by atoms with Crippen LogP contribution >= 0.6 is 0 Å². The standard InChI is InChI=1S/C15H17N3O4/c19-10-14(17-9-12-3-1-2-8-16-12)15(20)11-4-6-13(7-5-11)18(21)22/h1-8,14-15,17,19-20H,9-10H2. The van der Waals surface area contributed by atoms with E-state index in [4.69, 9.17) is 0 Å². The number of aliphatic hydroxyl groups excluding tert-OH is 2. The molecule has 2 rings (SSSR count). The first kappa shape index (κ1) is 16.0. The molecule has 0 radical (unpaired) electrons. The van der Waals surface area contributed by atoms with E-state index in [2.05, 4.69) is 10.3 Å². The number of aliphatic hydroxyl groups is 2. The van der Waals surface area contributed by atoms with Crippen molar-refractivity contribution in [3.63, 3.8) is 0 Å². The molecule has 116 valence electrons. The Morgan fingerprint density at radius 2 is 1.95 bits per heavy atom. The highest BCUT2D eigenvalue weighted by molar-refractivity contribution is 5.34. The van der Waals surface area contributed by atoms with Crippen molar-refractivity contribution in [2.75, 3.05) is 6.61 Å². The molecule has 2 atom stereocenters. The lowest BCUT2D eigenvalue weighted by molar-refractivity contribution is -0.384. The van der Waals surface area contributed by atoms with Crippen molar-refractivity contribution in [2.45, 2.75) is 18.7 Å². The Morgan fingerprint density at radius 3 is 2.50 bits per heavy atom. The van der Waals surface area contributed by atoms with Crippen LogP contribution in [-0.2, 0) is 6.54 Å². The van der Waals surface area contributed by atoms with Crippen molar-refractivity contribution in [3.8, 4) is 0 Å². The number of pyridine rings is 1. The van der Waals surface area contributed by atoms with Gasteiger partial charge in [0.2, 0.25) is 0 Å². The lowest BCUT2D eigenvalue weighted by Gasteiger charge is -2.22. The van der Waals surface area contributed by atoms with Gasteiger partial charge in [-0.3, -0.25) is 15.1 Å². The summed E-state index contributed by atoms with van der Waals surface area (Å²) in [6.45, 7) is 0.126. The Morgan fingerprint density at radius 1 is 1.23 bits per heavy atom. The normalized spacial score (nSPS) is 13.5. The number of hydrogen-bond donors (Lipinski definition) is 3. The molecule has 1 aromatic carbocycles. The van der Waals surface area contributed by atoms with Crippen molar-refractivity contribution in [1.29, 1.82) is 0 Å². The number of nitro groups is 1. The van der Waals surface area contributed by atoms with Gasteiger partial charge in [0.25, 0.3) is 5.69 Å². The number of non-ortho nitro benzene ring substituents is 1. The lowest BCUT2D eigenvalue weighted by Crippen LogP contribution is -2.37. The van der Waals surface area contributed by atoms with Gasteiger partial charge < -0.3 is 15.5 Å². The van der Waals surface area contributed by atoms with Gasteiger partial charge in [0.15, 0.2) is 0 Å². The third kappa shape index (κ3) is 4.08. The van der Waals surface area contributed by atoms with E-state index in [1.807, 2.05) is 12.1 Å². The molecule has 3 N–H and O–H groups in total. The Kier molecular flexibility index (Phi) is 5.54. The van der Waals surface area contributed by atoms with Gasteiger partial charge in [-0.2, -0.15) is 0 Å². The fourth-order valence-electron chi connectivity index (χ4n) is 2.04. The van der Waals surface area contributed by atoms with Gasteiger partial charge >= 0.3 is 0 Å². The van der Waals surface area contributed by atoms with Crippen molar-refractivity contribution in [2.24, 2.45) is 0 Å². The molecule has 0 aliphatic carbocycles. The largest absolute Gasteiger partial charge is 0.395 e. The molecule has 22 heavy (non-hydrogen) atoms. The van der Waals surface area contributed by atoms with E-state index < -0.39 is 17.1 Å². The summed E-state index contributed by atoms with van der Waals surface area (Å²) in [5.74, 6) is 0. The number of aromatic nitrogens is 1. The Balaban J connectivity index is 2.01. The molecule has 0 amide bonds. The summed E-state index contributed by atoms with van der Waals surface area (Å²) in [4.78, 5) is 14.3. The van der Waals surface area contributed by atoms with Crippen molar-refractivity contribution >= 4 is 5.69 Å². The molecule has 0 saturated carbocycles. The zero-order valence-electron chi connectivity index (χ0n) is 11.8. The van der Waals surface area contributed by atoms with E-state index in [0.29, 0.717) is 12.1 Å². The number of nitro benzene ring substituents is 1. The van der Waals surface area contributed by atoms with Crippen LogP contribution in [0.3, 0.4) is 0 Å². The second-order valence-corrected chi connectivity index (χ2v) is 4.78. The monoisotopic (exact) mass is 303 g/mol. The Labute approximate surface area is 127 Å². The number of nitrogens with one attached hydrogen (secondary N) is 1. The molecule has 0 spiro atoms. The fraction of sp³-hybridized carbons (Fsp3) is 0.267. The quantitative estimate of drug-likeness (QED) is 0.523. The van der Waals surface area contributed by atoms with Crippen LogP contribution in [0.2, 0.25) is 0 Å². The minimum atomic E-state index is -0.977. The van der Waals surface area contributed by atoms with Crippen LogP contribution in [-0.4, -0.2) is 32.8 Å². The molecule has 0 bridgehead atoms. The molecule has 7 heteroatoms. The van der Waals surface area contributed by atoms with E-state index in [1.165, 1.54) is 24.3 Å². The number of benzene rings is 1. The molecule has 0 aliphatic rings. The first-order valence-corrected chi connectivity index (χ1v) is 6.78. The number of hydrogen-bond acceptors (Lipinski definition) is 6. The summed E-state index contributed by atoms with van der Waals surface area (Å²) in [5, 5.41) is 33.3. The second-order valence-electron chi connectivity index (χ2n) is 4.78. The van der Waals surface area contributed by atoms with Gasteiger partial charge in [-0.25, -0.2) is 0 Å². The van der Waals surface area contributed by atoms with Crippen molar-refractivity contribution in [3.05, 3.63) is 70.0 Å². The third-order valence-electron chi connectivity index (χ3n) is 3.29. The van der Waals surface area contributed by atoms with Gasteiger partial charge in [-0.05, 0) is 29.8 Å². The van der Waals surface area contributed by atoms with Gasteiger partial charge in [0.05, 0.1) is 29.4 Å². The molecule has 1 heterocycles. The maximum atomic E-state index is 10.6. The van der Waals surface area contributed by atoms with Crippen LogP contribution < -0.4 is 5.32 Å². The summed E-state index contributed by atoms with van der Waals surface area (Å²) in [6, 6.07) is 10.5. The molecule has 0 saturated heterocycles. The first-order chi connectivity index (χ1) is 10.6. The molecule has 1 aromatic heterocycles. The zero-order valence-corrected chi connectivity index (χ0v) is 11.8. The predicted octanol–water partition coefficient (Wildman–Crippen LogP) is 1.17. The molecule has 0 aliphatic heterocycles. The first-order valence-electron chi connectivity index (χ1n) is 6.78. The highest BCUT2D eigenvalue weighted by Crippen LogP contribution is 2.20. The highest BCUT2D eigenvalue weighted by Gasteiger charge is 2.20. The average molecular weight is 303 g/mol. The smallest absolute Gasteiger partial charge is 0.269 e. The Bertz CT molecular complexity index is 604. The molecular weight excluding hydrogens is 286 g/mol. The molecule has 2 unspecified atom stereocenters. The Hall–Kier alpha value is -2.35. The zero-order chi connectivity index (χ0) is 15.9. The van der Waals surface area contributed by atoms with E-state index in [-0.39, 0.29) is 12.3 Å². The fourth-order valence-corrected chi connectivity index (χ4v) is 2.04. The van der Waals surface area contributed by atoms with Gasteiger partial charge in [-0.15, -0.1) is 0 Å². The van der Waals surface area contributed by atoms with Crippen LogP contribution in [0.25, 0.3) is 0 Å². The van der Waals surface area contributed by atoms with Crippen LogP contribution in [0, 0.1) is 10.1 Å². The van der Waals surface area contributed by atoms with Crippen LogP contribution in [0.5, 0.6) is 0 Å². The van der Waals surface area contributed by atoms with Gasteiger partial charge in [-0.1, -0.05) is 6.07 Å².